The Morgan fingerprint density at radius 2 is 1.03 bits per heavy atom. The van der Waals surface area contributed by atoms with Gasteiger partial charge in [-0.2, -0.15) is 0 Å². The average molecular weight is 475 g/mol. The van der Waals surface area contributed by atoms with Gasteiger partial charge in [0, 0.05) is 27.5 Å². The van der Waals surface area contributed by atoms with E-state index >= 15 is 0 Å². The predicted octanol–water partition coefficient (Wildman–Crippen LogP) is 9.04. The molecule has 5 aromatic carbocycles. The zero-order valence-electron chi connectivity index (χ0n) is 20.0. The largest absolute Gasteiger partial charge is 0.456 e. The van der Waals surface area contributed by atoms with Crippen molar-refractivity contribution >= 4 is 21.9 Å². The topological polar surface area (TPSA) is 38.9 Å². The molecule has 3 heteroatoms. The van der Waals surface area contributed by atoms with E-state index in [2.05, 4.69) is 66.7 Å². The van der Waals surface area contributed by atoms with Crippen molar-refractivity contribution in [1.82, 2.24) is 9.97 Å². The van der Waals surface area contributed by atoms with Gasteiger partial charge >= 0.3 is 0 Å². The lowest BCUT2D eigenvalue weighted by Gasteiger charge is -2.09. The molecule has 0 aliphatic rings. The van der Waals surface area contributed by atoms with Crippen molar-refractivity contribution in [2.45, 2.75) is 0 Å². The molecule has 0 atom stereocenters. The molecule has 0 amide bonds. The summed E-state index contributed by atoms with van der Waals surface area (Å²) >= 11 is 0. The number of rotatable bonds is 4. The minimum Gasteiger partial charge on any atom is -0.456 e. The summed E-state index contributed by atoms with van der Waals surface area (Å²) in [5.41, 5.74) is 8.90. The molecule has 2 aromatic heterocycles. The van der Waals surface area contributed by atoms with Crippen LogP contribution in [0.25, 0.3) is 67.0 Å². The quantitative estimate of drug-likeness (QED) is 0.255. The molecule has 0 fully saturated rings. The summed E-state index contributed by atoms with van der Waals surface area (Å²) in [4.78, 5) is 10.0. The van der Waals surface area contributed by atoms with E-state index in [9.17, 15) is 0 Å². The van der Waals surface area contributed by atoms with Crippen LogP contribution in [0.2, 0.25) is 0 Å². The fraction of sp³-hybridized carbons (Fsp3) is 0. The highest BCUT2D eigenvalue weighted by Crippen LogP contribution is 2.38. The van der Waals surface area contributed by atoms with Gasteiger partial charge in [-0.25, -0.2) is 9.97 Å². The van der Waals surface area contributed by atoms with Crippen molar-refractivity contribution < 1.29 is 4.42 Å². The van der Waals surface area contributed by atoms with Gasteiger partial charge in [0.25, 0.3) is 0 Å². The number of aromatic nitrogens is 2. The molecule has 0 radical (unpaired) electrons. The van der Waals surface area contributed by atoms with E-state index in [4.69, 9.17) is 14.4 Å². The summed E-state index contributed by atoms with van der Waals surface area (Å²) < 4.78 is 6.25. The second-order valence-electron chi connectivity index (χ2n) is 9.05. The van der Waals surface area contributed by atoms with Crippen LogP contribution in [-0.4, -0.2) is 9.97 Å². The molecule has 0 saturated carbocycles. The summed E-state index contributed by atoms with van der Waals surface area (Å²) in [7, 11) is 0. The minimum absolute atomic E-state index is 0.689. The number of fused-ring (bicyclic) bond motifs is 3. The maximum atomic E-state index is 6.25. The maximum absolute atomic E-state index is 6.25. The molecule has 7 rings (SSSR count). The van der Waals surface area contributed by atoms with Crippen LogP contribution in [0.3, 0.4) is 0 Å². The van der Waals surface area contributed by atoms with Crippen LogP contribution < -0.4 is 0 Å². The van der Waals surface area contributed by atoms with E-state index in [1.54, 1.807) is 0 Å². The van der Waals surface area contributed by atoms with Gasteiger partial charge in [-0.1, -0.05) is 103 Å². The summed E-state index contributed by atoms with van der Waals surface area (Å²) in [5, 5.41) is 2.16. The van der Waals surface area contributed by atoms with Crippen LogP contribution in [0, 0.1) is 0 Å². The third-order valence-corrected chi connectivity index (χ3v) is 6.70. The second-order valence-corrected chi connectivity index (χ2v) is 9.05. The van der Waals surface area contributed by atoms with Crippen LogP contribution in [0.4, 0.5) is 0 Å². The van der Waals surface area contributed by atoms with Crippen molar-refractivity contribution in [3.63, 3.8) is 0 Å². The minimum atomic E-state index is 0.689. The molecule has 174 valence electrons. The second kappa shape index (κ2) is 8.89. The Bertz CT molecular complexity index is 1800. The molecule has 7 aromatic rings. The van der Waals surface area contributed by atoms with E-state index in [0.717, 1.165) is 61.1 Å². The normalized spacial score (nSPS) is 11.2. The van der Waals surface area contributed by atoms with Crippen molar-refractivity contribution in [3.05, 3.63) is 133 Å². The zero-order valence-corrected chi connectivity index (χ0v) is 20.0. The predicted molar refractivity (Wildman–Crippen MR) is 151 cm³/mol. The van der Waals surface area contributed by atoms with E-state index in [-0.39, 0.29) is 0 Å². The number of hydrogen-bond donors (Lipinski definition) is 0. The van der Waals surface area contributed by atoms with Crippen molar-refractivity contribution in [1.29, 1.82) is 0 Å². The van der Waals surface area contributed by atoms with E-state index < -0.39 is 0 Å². The highest BCUT2D eigenvalue weighted by atomic mass is 16.3. The smallest absolute Gasteiger partial charge is 0.160 e. The molecule has 2 heterocycles. The molecule has 0 bridgehead atoms. The van der Waals surface area contributed by atoms with E-state index in [1.165, 1.54) is 0 Å². The lowest BCUT2D eigenvalue weighted by molar-refractivity contribution is 0.669. The van der Waals surface area contributed by atoms with Gasteiger partial charge in [0.15, 0.2) is 5.82 Å². The van der Waals surface area contributed by atoms with Gasteiger partial charge in [0.2, 0.25) is 0 Å². The van der Waals surface area contributed by atoms with Gasteiger partial charge in [-0.3, -0.25) is 0 Å². The Labute approximate surface area is 214 Å². The molecular weight excluding hydrogens is 452 g/mol. The summed E-state index contributed by atoms with van der Waals surface area (Å²) in [6.45, 7) is 0. The highest BCUT2D eigenvalue weighted by Gasteiger charge is 2.15. The Morgan fingerprint density at radius 1 is 0.432 bits per heavy atom. The molecule has 37 heavy (non-hydrogen) atoms. The lowest BCUT2D eigenvalue weighted by atomic mass is 9.98. The lowest BCUT2D eigenvalue weighted by Crippen LogP contribution is -1.95. The highest BCUT2D eigenvalue weighted by molar-refractivity contribution is 6.13. The zero-order chi connectivity index (χ0) is 24.6. The van der Waals surface area contributed by atoms with Crippen molar-refractivity contribution in [2.24, 2.45) is 0 Å². The Balaban J connectivity index is 1.46. The van der Waals surface area contributed by atoms with Gasteiger partial charge in [0.1, 0.15) is 11.2 Å². The number of furan rings is 1. The number of benzene rings is 5. The van der Waals surface area contributed by atoms with Crippen molar-refractivity contribution in [2.75, 3.05) is 0 Å². The van der Waals surface area contributed by atoms with Crippen LogP contribution >= 0.6 is 0 Å². The molecule has 0 saturated heterocycles. The molecule has 0 spiro atoms. The first-order chi connectivity index (χ1) is 18.3. The fourth-order valence-electron chi connectivity index (χ4n) is 4.91. The first kappa shape index (κ1) is 21.3. The summed E-state index contributed by atoms with van der Waals surface area (Å²) in [6, 6.07) is 45.5. The first-order valence-corrected chi connectivity index (χ1v) is 12.3. The third-order valence-electron chi connectivity index (χ3n) is 6.70. The molecule has 0 aliphatic heterocycles. The Kier molecular flexibility index (Phi) is 5.11. The van der Waals surface area contributed by atoms with Gasteiger partial charge < -0.3 is 4.42 Å². The summed E-state index contributed by atoms with van der Waals surface area (Å²) in [6.07, 6.45) is 0. The van der Waals surface area contributed by atoms with Crippen LogP contribution in [0.5, 0.6) is 0 Å². The molecule has 3 nitrogen and oxygen atoms in total. The third kappa shape index (κ3) is 3.87. The molecule has 0 aliphatic carbocycles. The SMILES string of the molecule is c1ccc(-c2cc(-c3ccccc3)nc(-c3ccc4oc5cccc(-c6ccccc6)c5c4c3)n2)cc1. The van der Waals surface area contributed by atoms with Gasteiger partial charge in [-0.05, 0) is 41.5 Å². The standard InChI is InChI=1S/C34H22N2O/c1-4-11-23(12-5-1)27-17-10-18-32-33(27)28-21-26(19-20-31(28)37-32)34-35-29(24-13-6-2-7-14-24)22-30(36-34)25-15-8-3-9-16-25/h1-22H. The van der Waals surface area contributed by atoms with Crippen molar-refractivity contribution in [3.8, 4) is 45.0 Å². The molecule has 0 unspecified atom stereocenters. The Hall–Kier alpha value is -5.02. The van der Waals surface area contributed by atoms with E-state index in [1.807, 2.05) is 66.7 Å². The molecular formula is C34H22N2O. The van der Waals surface area contributed by atoms with Crippen LogP contribution in [0.15, 0.2) is 138 Å². The van der Waals surface area contributed by atoms with Gasteiger partial charge in [0.05, 0.1) is 11.4 Å². The summed E-state index contributed by atoms with van der Waals surface area (Å²) in [5.74, 6) is 0.689. The molecule has 0 N–H and O–H groups in total. The van der Waals surface area contributed by atoms with E-state index in [0.29, 0.717) is 5.82 Å². The fourth-order valence-corrected chi connectivity index (χ4v) is 4.91. The Morgan fingerprint density at radius 3 is 1.65 bits per heavy atom. The first-order valence-electron chi connectivity index (χ1n) is 12.3. The maximum Gasteiger partial charge on any atom is 0.160 e. The average Bonchev–Trinajstić information content (AvgIpc) is 3.36. The van der Waals surface area contributed by atoms with Gasteiger partial charge in [-0.15, -0.1) is 0 Å². The monoisotopic (exact) mass is 474 g/mol. The number of nitrogens with zero attached hydrogens (tertiary/aromatic N) is 2. The van der Waals surface area contributed by atoms with Crippen LogP contribution in [-0.2, 0) is 0 Å². The number of hydrogen-bond acceptors (Lipinski definition) is 3. The van der Waals surface area contributed by atoms with Crippen LogP contribution in [0.1, 0.15) is 0 Å².